The van der Waals surface area contributed by atoms with Crippen LogP contribution in [0.15, 0.2) is 18.3 Å². The van der Waals surface area contributed by atoms with Crippen molar-refractivity contribution in [3.05, 3.63) is 29.6 Å². The molecule has 2 N–H and O–H groups in total. The summed E-state index contributed by atoms with van der Waals surface area (Å²) < 4.78 is 10.9. The molecule has 0 saturated heterocycles. The van der Waals surface area contributed by atoms with Gasteiger partial charge in [-0.2, -0.15) is 0 Å². The summed E-state index contributed by atoms with van der Waals surface area (Å²) in [5.74, 6) is -0.474. The van der Waals surface area contributed by atoms with E-state index in [1.54, 1.807) is 46.0 Å². The first-order valence-corrected chi connectivity index (χ1v) is 9.01. The molecule has 2 heterocycles. The zero-order valence-electron chi connectivity index (χ0n) is 15.1. The third-order valence-electron chi connectivity index (χ3n) is 3.12. The molecule has 0 aliphatic rings. The molecule has 0 aromatic carbocycles. The average molecular weight is 420 g/mol. The van der Waals surface area contributed by atoms with Crippen LogP contribution in [0, 0.1) is 0 Å². The van der Waals surface area contributed by atoms with E-state index in [1.807, 2.05) is 0 Å². The normalized spacial score (nSPS) is 11.1. The fourth-order valence-corrected chi connectivity index (χ4v) is 2.50. The summed E-state index contributed by atoms with van der Waals surface area (Å²) in [6, 6.07) is 3.38. The Morgan fingerprint density at radius 3 is 2.69 bits per heavy atom. The molecule has 26 heavy (non-hydrogen) atoms. The van der Waals surface area contributed by atoms with E-state index in [4.69, 9.17) is 9.47 Å². The van der Waals surface area contributed by atoms with E-state index in [-0.39, 0.29) is 13.2 Å². The zero-order chi connectivity index (χ0) is 19.3. The Morgan fingerprint density at radius 2 is 2.08 bits per heavy atom. The number of esters is 1. The van der Waals surface area contributed by atoms with Crippen LogP contribution >= 0.6 is 0 Å². The van der Waals surface area contributed by atoms with Crippen molar-refractivity contribution in [2.24, 2.45) is 0 Å². The Kier molecular flexibility index (Phi) is 6.42. The average Bonchev–Trinajstić information content (AvgIpc) is 2.96. The quantitative estimate of drug-likeness (QED) is 0.561. The first kappa shape index (κ1) is 20.0. The molecule has 2 radical (unpaired) electrons. The monoisotopic (exact) mass is 420 g/mol. The summed E-state index contributed by atoms with van der Waals surface area (Å²) >= 11 is 2.26. The van der Waals surface area contributed by atoms with Gasteiger partial charge in [-0.3, -0.25) is 0 Å². The molecule has 0 fully saturated rings. The van der Waals surface area contributed by atoms with Crippen LogP contribution in [-0.4, -0.2) is 56.1 Å². The van der Waals surface area contributed by atoms with Crippen molar-refractivity contribution in [3.63, 3.8) is 0 Å². The predicted molar refractivity (Wildman–Crippen MR) is 96.2 cm³/mol. The van der Waals surface area contributed by atoms with Crippen molar-refractivity contribution in [2.45, 2.75) is 39.8 Å². The zero-order valence-corrected chi connectivity index (χ0v) is 17.0. The van der Waals surface area contributed by atoms with Crippen molar-refractivity contribution >= 4 is 33.5 Å². The van der Waals surface area contributed by atoms with Gasteiger partial charge in [0.2, 0.25) is 0 Å². The Labute approximate surface area is 160 Å². The number of amides is 1. The predicted octanol–water partition coefficient (Wildman–Crippen LogP) is 1.47. The summed E-state index contributed by atoms with van der Waals surface area (Å²) in [7, 11) is 0. The van der Waals surface area contributed by atoms with Crippen molar-refractivity contribution in [2.75, 3.05) is 6.61 Å². The summed E-state index contributed by atoms with van der Waals surface area (Å²) in [6.07, 6.45) is 1.05. The fourth-order valence-electron chi connectivity index (χ4n) is 2.14. The number of nitrogens with one attached hydrogen (secondary N) is 2. The Balaban J connectivity index is 2.25. The van der Waals surface area contributed by atoms with Gasteiger partial charge >= 0.3 is 160 Å². The molecule has 0 atom stereocenters. The van der Waals surface area contributed by atoms with Gasteiger partial charge in [0.25, 0.3) is 0 Å². The number of nitrogens with zero attached hydrogens (tertiary/aromatic N) is 2. The van der Waals surface area contributed by atoms with E-state index in [9.17, 15) is 9.59 Å². The van der Waals surface area contributed by atoms with E-state index in [0.717, 1.165) is 0 Å². The molecular formula is C17H21AsN4O4. The molecule has 0 bridgehead atoms. The molecule has 8 nitrogen and oxygen atoms in total. The van der Waals surface area contributed by atoms with Gasteiger partial charge in [-0.05, 0) is 0 Å². The molecular weight excluding hydrogens is 399 g/mol. The number of H-pyrrole nitrogens is 1. The molecule has 9 heteroatoms. The molecule has 0 unspecified atom stereocenters. The Hall–Kier alpha value is -2.34. The number of carbonyl (C=O) groups is 2. The van der Waals surface area contributed by atoms with Crippen molar-refractivity contribution in [1.29, 1.82) is 0 Å². The number of ether oxygens (including phenoxy) is 2. The van der Waals surface area contributed by atoms with Crippen LogP contribution in [0.3, 0.4) is 0 Å². The molecule has 2 aromatic rings. The molecule has 0 saturated carbocycles. The van der Waals surface area contributed by atoms with Gasteiger partial charge in [-0.15, -0.1) is 0 Å². The van der Waals surface area contributed by atoms with Gasteiger partial charge in [-0.1, -0.05) is 0 Å². The number of hydrogen-bond acceptors (Lipinski definition) is 6. The second-order valence-corrected chi connectivity index (χ2v) is 7.23. The van der Waals surface area contributed by atoms with Gasteiger partial charge in [0, 0.05) is 0 Å². The first-order chi connectivity index (χ1) is 12.2. The minimum atomic E-state index is -0.605. The summed E-state index contributed by atoms with van der Waals surface area (Å²) in [5.41, 5.74) is 1.50. The Morgan fingerprint density at radius 1 is 1.35 bits per heavy atom. The van der Waals surface area contributed by atoms with E-state index in [1.165, 1.54) is 0 Å². The summed E-state index contributed by atoms with van der Waals surface area (Å²) in [6.45, 7) is 7.40. The number of aromatic nitrogens is 3. The standard InChI is InChI=1S/C17H21AsN4O4/c1-5-25-14(23)10-8-12(11-6-7-19-15(18)22-11)21-13(10)9-20-16(24)26-17(2,3)4/h6-8,21H,5,9H2,1-4H3,(H,20,24). The van der Waals surface area contributed by atoms with Crippen LogP contribution in [0.5, 0.6) is 0 Å². The molecule has 0 aliphatic carbocycles. The van der Waals surface area contributed by atoms with Gasteiger partial charge in [-0.25, -0.2) is 0 Å². The van der Waals surface area contributed by atoms with Crippen LogP contribution in [0.4, 0.5) is 4.79 Å². The van der Waals surface area contributed by atoms with Crippen LogP contribution in [0.2, 0.25) is 0 Å². The van der Waals surface area contributed by atoms with Crippen LogP contribution in [-0.2, 0) is 16.0 Å². The number of alkyl carbamates (subject to hydrolysis) is 1. The topological polar surface area (TPSA) is 106 Å². The molecule has 1 amide bonds. The minimum absolute atomic E-state index is 0.0865. The SMILES string of the molecule is CCOC(=O)c1cc(-c2ccnc([As])n2)[nH]c1CNC(=O)OC(C)(C)C. The van der Waals surface area contributed by atoms with Gasteiger partial charge in [0.15, 0.2) is 0 Å². The number of carbonyl (C=O) groups excluding carboxylic acids is 2. The maximum atomic E-state index is 12.2. The van der Waals surface area contributed by atoms with Crippen LogP contribution in [0.25, 0.3) is 11.4 Å². The van der Waals surface area contributed by atoms with Crippen molar-refractivity contribution in [3.8, 4) is 11.4 Å². The number of rotatable bonds is 5. The van der Waals surface area contributed by atoms with Crippen LogP contribution < -0.4 is 9.93 Å². The maximum absolute atomic E-state index is 12.2. The van der Waals surface area contributed by atoms with E-state index < -0.39 is 17.7 Å². The second kappa shape index (κ2) is 8.36. The van der Waals surface area contributed by atoms with Gasteiger partial charge < -0.3 is 0 Å². The van der Waals surface area contributed by atoms with E-state index in [2.05, 4.69) is 37.1 Å². The number of aromatic amines is 1. The third-order valence-corrected chi connectivity index (χ3v) is 3.57. The Bertz CT molecular complexity index is 798. The van der Waals surface area contributed by atoms with Gasteiger partial charge in [0.05, 0.1) is 0 Å². The fraction of sp³-hybridized carbons (Fsp3) is 0.412. The van der Waals surface area contributed by atoms with E-state index in [0.29, 0.717) is 27.3 Å². The molecule has 0 spiro atoms. The van der Waals surface area contributed by atoms with E-state index >= 15 is 0 Å². The third kappa shape index (κ3) is 5.59. The molecule has 2 aromatic heterocycles. The molecule has 0 aliphatic heterocycles. The summed E-state index contributed by atoms with van der Waals surface area (Å²) in [4.78, 5) is 35.6. The van der Waals surface area contributed by atoms with Crippen LogP contribution in [0.1, 0.15) is 43.7 Å². The molecule has 2 rings (SSSR count). The molecule has 138 valence electrons. The van der Waals surface area contributed by atoms with Crippen molar-refractivity contribution in [1.82, 2.24) is 20.3 Å². The first-order valence-electron chi connectivity index (χ1n) is 8.08. The second-order valence-electron chi connectivity index (χ2n) is 6.39. The number of hydrogen-bond donors (Lipinski definition) is 2. The van der Waals surface area contributed by atoms with Gasteiger partial charge in [0.1, 0.15) is 0 Å². The summed E-state index contributed by atoms with van der Waals surface area (Å²) in [5, 5.41) is 2.63. The van der Waals surface area contributed by atoms with Crippen molar-refractivity contribution < 1.29 is 19.1 Å².